The first-order valence-corrected chi connectivity index (χ1v) is 2.02. The van der Waals surface area contributed by atoms with Crippen LogP contribution in [0.1, 0.15) is 5.69 Å². The zero-order valence-corrected chi connectivity index (χ0v) is 3.76. The molecule has 0 aliphatic heterocycles. The molecule has 33 valence electrons. The highest BCUT2D eigenvalue weighted by Gasteiger charge is 1.74. The van der Waals surface area contributed by atoms with Gasteiger partial charge in [-0.15, -0.1) is 0 Å². The summed E-state index contributed by atoms with van der Waals surface area (Å²) in [5.74, 6) is 0. The average Bonchev–Trinajstić information content (AvgIpc) is 1.69. The molecule has 0 saturated heterocycles. The largest absolute Gasteiger partial charge is 0.261 e. The molecule has 1 aromatic heterocycles. The van der Waals surface area contributed by atoms with Gasteiger partial charge in [-0.2, -0.15) is 0 Å². The van der Waals surface area contributed by atoms with Crippen molar-refractivity contribution in [1.29, 1.82) is 0 Å². The van der Waals surface area contributed by atoms with Gasteiger partial charge in [-0.25, -0.2) is 0 Å². The van der Waals surface area contributed by atoms with Crippen molar-refractivity contribution in [2.75, 3.05) is 0 Å². The summed E-state index contributed by atoms with van der Waals surface area (Å²) in [6, 6.07) is 5.22. The van der Waals surface area contributed by atoms with Gasteiger partial charge in [0, 0.05) is 11.9 Å². The van der Waals surface area contributed by atoms with Crippen molar-refractivity contribution in [3.05, 3.63) is 37.0 Å². The first-order chi connectivity index (χ1) is 3.39. The Hall–Kier alpha value is -0.850. The summed E-state index contributed by atoms with van der Waals surface area (Å²) in [6.07, 6.45) is 1.60. The molecular weight excluding hydrogens is 86.1 g/mol. The summed E-state index contributed by atoms with van der Waals surface area (Å²) in [6.45, 7) is 6.88. The number of rotatable bonds is 0. The van der Waals surface area contributed by atoms with E-state index in [2.05, 4.69) is 4.98 Å². The molecule has 0 atom stereocenters. The predicted molar refractivity (Wildman–Crippen MR) is 26.6 cm³/mol. The molecule has 0 unspecified atom stereocenters. The lowest BCUT2D eigenvalue weighted by molar-refractivity contribution is 1.27. The van der Waals surface area contributed by atoms with Crippen molar-refractivity contribution in [2.45, 2.75) is 0 Å². The summed E-state index contributed by atoms with van der Waals surface area (Å²) in [4.78, 5) is 3.65. The van der Waals surface area contributed by atoms with E-state index in [1.807, 2.05) is 0 Å². The van der Waals surface area contributed by atoms with Gasteiger partial charge in [-0.1, -0.05) is 6.07 Å². The van der Waals surface area contributed by atoms with Gasteiger partial charge in [0.2, 0.25) is 0 Å². The fourth-order valence-corrected chi connectivity index (χ4v) is 0.363. The Balaban J connectivity index is 3.02. The standard InChI is InChI=1S/C6H4N/c1-6-4-2-3-5-7-6/h2-5H. The Morgan fingerprint density at radius 3 is 2.57 bits per heavy atom. The van der Waals surface area contributed by atoms with E-state index in [9.17, 15) is 0 Å². The summed E-state index contributed by atoms with van der Waals surface area (Å²) in [5.41, 5.74) is 0.322. The normalized spacial score (nSPS) is 8.71. The van der Waals surface area contributed by atoms with Crippen LogP contribution < -0.4 is 0 Å². The van der Waals surface area contributed by atoms with Crippen LogP contribution in [0.5, 0.6) is 0 Å². The van der Waals surface area contributed by atoms with E-state index in [4.69, 9.17) is 6.92 Å². The van der Waals surface area contributed by atoms with Gasteiger partial charge in [0.25, 0.3) is 0 Å². The Bertz CT molecular complexity index is 134. The summed E-state index contributed by atoms with van der Waals surface area (Å²) in [5, 5.41) is 0. The SMILES string of the molecule is [C]c1ccccn1. The molecule has 0 spiro atoms. The molecule has 0 bridgehead atoms. The van der Waals surface area contributed by atoms with Gasteiger partial charge in [0.15, 0.2) is 0 Å². The molecule has 1 heteroatoms. The minimum absolute atomic E-state index is 0.322. The molecule has 1 heterocycles. The van der Waals surface area contributed by atoms with E-state index in [1.54, 1.807) is 24.4 Å². The number of hydrogen-bond acceptors (Lipinski definition) is 1. The average molecular weight is 90.1 g/mol. The van der Waals surface area contributed by atoms with Gasteiger partial charge in [0.1, 0.15) is 0 Å². The summed E-state index contributed by atoms with van der Waals surface area (Å²) < 4.78 is 0. The number of nitrogens with zero attached hydrogens (tertiary/aromatic N) is 1. The van der Waals surface area contributed by atoms with Crippen molar-refractivity contribution < 1.29 is 0 Å². The van der Waals surface area contributed by atoms with Crippen molar-refractivity contribution in [3.8, 4) is 0 Å². The maximum Gasteiger partial charge on any atom is 0.0520 e. The van der Waals surface area contributed by atoms with Crippen LogP contribution in [-0.2, 0) is 0 Å². The maximum atomic E-state index is 6.88. The molecule has 0 amide bonds. The highest BCUT2D eigenvalue weighted by molar-refractivity contribution is 5.05. The Labute approximate surface area is 43.0 Å². The molecule has 0 aliphatic rings. The smallest absolute Gasteiger partial charge is 0.0520 e. The van der Waals surface area contributed by atoms with Crippen molar-refractivity contribution in [3.63, 3.8) is 0 Å². The minimum atomic E-state index is 0.322. The third kappa shape index (κ3) is 1.000. The maximum absolute atomic E-state index is 6.88. The zero-order chi connectivity index (χ0) is 5.11. The van der Waals surface area contributed by atoms with E-state index < -0.39 is 0 Å². The van der Waals surface area contributed by atoms with Gasteiger partial charge in [-0.05, 0) is 12.1 Å². The van der Waals surface area contributed by atoms with E-state index in [-0.39, 0.29) is 0 Å². The molecule has 0 aromatic carbocycles. The molecule has 7 heavy (non-hydrogen) atoms. The molecule has 3 radical (unpaired) electrons. The van der Waals surface area contributed by atoms with Crippen molar-refractivity contribution in [1.82, 2.24) is 4.98 Å². The quantitative estimate of drug-likeness (QED) is 0.463. The summed E-state index contributed by atoms with van der Waals surface area (Å²) in [7, 11) is 0. The van der Waals surface area contributed by atoms with Crippen LogP contribution in [0.4, 0.5) is 0 Å². The lowest BCUT2D eigenvalue weighted by Crippen LogP contribution is -1.72. The molecule has 1 rings (SSSR count). The molecular formula is C6H4N. The highest BCUT2D eigenvalue weighted by atomic mass is 14.6. The lowest BCUT2D eigenvalue weighted by Gasteiger charge is -1.81. The van der Waals surface area contributed by atoms with Crippen LogP contribution in [0.25, 0.3) is 0 Å². The van der Waals surface area contributed by atoms with Crippen LogP contribution in [0.3, 0.4) is 0 Å². The predicted octanol–water partition coefficient (Wildman–Crippen LogP) is 1.02. The van der Waals surface area contributed by atoms with Crippen LogP contribution >= 0.6 is 0 Å². The van der Waals surface area contributed by atoms with Crippen LogP contribution in [0.2, 0.25) is 0 Å². The second-order valence-electron chi connectivity index (χ2n) is 1.21. The van der Waals surface area contributed by atoms with E-state index in [0.717, 1.165) is 0 Å². The van der Waals surface area contributed by atoms with Gasteiger partial charge >= 0.3 is 0 Å². The monoisotopic (exact) mass is 90.0 g/mol. The van der Waals surface area contributed by atoms with Crippen LogP contribution in [0.15, 0.2) is 24.4 Å². The second kappa shape index (κ2) is 1.73. The first kappa shape index (κ1) is 4.31. The first-order valence-electron chi connectivity index (χ1n) is 2.02. The summed E-state index contributed by atoms with van der Waals surface area (Å²) >= 11 is 0. The zero-order valence-electron chi connectivity index (χ0n) is 3.76. The van der Waals surface area contributed by atoms with E-state index in [1.165, 1.54) is 0 Å². The minimum Gasteiger partial charge on any atom is -0.261 e. The third-order valence-electron chi connectivity index (χ3n) is 0.665. The van der Waals surface area contributed by atoms with Gasteiger partial charge in [0.05, 0.1) is 6.92 Å². The van der Waals surface area contributed by atoms with Gasteiger partial charge < -0.3 is 0 Å². The van der Waals surface area contributed by atoms with Crippen LogP contribution in [0, 0.1) is 6.92 Å². The van der Waals surface area contributed by atoms with Crippen molar-refractivity contribution in [2.24, 2.45) is 0 Å². The lowest BCUT2D eigenvalue weighted by atomic mass is 10.4. The second-order valence-corrected chi connectivity index (χ2v) is 1.21. The molecule has 1 nitrogen and oxygen atoms in total. The number of pyridine rings is 1. The topological polar surface area (TPSA) is 12.9 Å². The molecule has 0 fully saturated rings. The Morgan fingerprint density at radius 2 is 2.29 bits per heavy atom. The molecule has 0 aliphatic carbocycles. The Morgan fingerprint density at radius 1 is 1.43 bits per heavy atom. The number of hydrogen-bond donors (Lipinski definition) is 0. The van der Waals surface area contributed by atoms with E-state index >= 15 is 0 Å². The highest BCUT2D eigenvalue weighted by Crippen LogP contribution is 1.85. The third-order valence-corrected chi connectivity index (χ3v) is 0.665. The molecule has 1 aromatic rings. The van der Waals surface area contributed by atoms with Crippen molar-refractivity contribution >= 4 is 0 Å². The Kier molecular flexibility index (Phi) is 1.07. The molecule has 0 saturated carbocycles. The van der Waals surface area contributed by atoms with Gasteiger partial charge in [-0.3, -0.25) is 4.98 Å². The van der Waals surface area contributed by atoms with E-state index in [0.29, 0.717) is 5.69 Å². The fraction of sp³-hybridized carbons (Fsp3) is 0. The number of aromatic nitrogens is 1. The fourth-order valence-electron chi connectivity index (χ4n) is 0.363. The molecule has 0 N–H and O–H groups in total. The van der Waals surface area contributed by atoms with Crippen LogP contribution in [-0.4, -0.2) is 4.98 Å².